The van der Waals surface area contributed by atoms with E-state index in [2.05, 4.69) is 10.2 Å². The van der Waals surface area contributed by atoms with E-state index in [0.29, 0.717) is 19.4 Å². The quantitative estimate of drug-likeness (QED) is 0.663. The van der Waals surface area contributed by atoms with Crippen LogP contribution in [0.3, 0.4) is 0 Å². The highest BCUT2D eigenvalue weighted by molar-refractivity contribution is 7.99. The standard InChI is InChI=1S/C14H14FN5O2S/c15-10-5-2-1-4-9(10)13-17-18-14(20(13)16)23-8-12(22)19-7-3-6-11(19)21/h1-2,4-5H,3,6-8,16H2. The minimum Gasteiger partial charge on any atom is -0.335 e. The van der Waals surface area contributed by atoms with Gasteiger partial charge < -0.3 is 5.84 Å². The number of amides is 2. The number of thioether (sulfide) groups is 1. The summed E-state index contributed by atoms with van der Waals surface area (Å²) in [5.74, 6) is 5.19. The number of nitrogens with zero attached hydrogens (tertiary/aromatic N) is 4. The molecule has 9 heteroatoms. The predicted molar refractivity (Wildman–Crippen MR) is 82.2 cm³/mol. The number of hydrogen-bond donors (Lipinski definition) is 1. The molecule has 2 heterocycles. The highest BCUT2D eigenvalue weighted by Crippen LogP contribution is 2.24. The second kappa shape index (κ2) is 6.37. The van der Waals surface area contributed by atoms with Gasteiger partial charge in [0.25, 0.3) is 0 Å². The number of benzene rings is 1. The molecule has 0 unspecified atom stereocenters. The molecule has 1 aromatic carbocycles. The fourth-order valence-electron chi connectivity index (χ4n) is 2.32. The van der Waals surface area contributed by atoms with Gasteiger partial charge in [0.2, 0.25) is 17.0 Å². The number of nitrogen functional groups attached to an aromatic ring is 1. The Kier molecular flexibility index (Phi) is 4.28. The van der Waals surface area contributed by atoms with Crippen molar-refractivity contribution in [1.29, 1.82) is 0 Å². The molecule has 1 fully saturated rings. The van der Waals surface area contributed by atoms with Crippen molar-refractivity contribution in [2.45, 2.75) is 18.0 Å². The predicted octanol–water partition coefficient (Wildman–Crippen LogP) is 1.04. The zero-order valence-electron chi connectivity index (χ0n) is 12.1. The topological polar surface area (TPSA) is 94.1 Å². The van der Waals surface area contributed by atoms with Crippen molar-refractivity contribution in [1.82, 2.24) is 19.8 Å². The molecule has 0 saturated carbocycles. The molecule has 2 aromatic rings. The van der Waals surface area contributed by atoms with Crippen molar-refractivity contribution in [3.05, 3.63) is 30.1 Å². The van der Waals surface area contributed by atoms with Gasteiger partial charge >= 0.3 is 0 Å². The van der Waals surface area contributed by atoms with E-state index in [-0.39, 0.29) is 34.1 Å². The van der Waals surface area contributed by atoms with Crippen LogP contribution < -0.4 is 5.84 Å². The third-order valence-electron chi connectivity index (χ3n) is 3.48. The molecule has 1 aliphatic heterocycles. The molecule has 7 nitrogen and oxygen atoms in total. The fourth-order valence-corrected chi connectivity index (χ4v) is 3.05. The number of aromatic nitrogens is 3. The maximum atomic E-state index is 13.8. The lowest BCUT2D eigenvalue weighted by atomic mass is 10.2. The van der Waals surface area contributed by atoms with Crippen LogP contribution in [0.2, 0.25) is 0 Å². The largest absolute Gasteiger partial charge is 0.335 e. The van der Waals surface area contributed by atoms with Gasteiger partial charge in [0.1, 0.15) is 5.82 Å². The zero-order chi connectivity index (χ0) is 16.4. The lowest BCUT2D eigenvalue weighted by molar-refractivity contribution is -0.140. The Bertz CT molecular complexity index is 763. The lowest BCUT2D eigenvalue weighted by Gasteiger charge is -2.12. The molecule has 2 amide bonds. The smallest absolute Gasteiger partial charge is 0.239 e. The van der Waals surface area contributed by atoms with Gasteiger partial charge in [-0.15, -0.1) is 10.2 Å². The molecule has 0 bridgehead atoms. The molecule has 2 N–H and O–H groups in total. The van der Waals surface area contributed by atoms with Gasteiger partial charge in [0.15, 0.2) is 5.82 Å². The zero-order valence-corrected chi connectivity index (χ0v) is 12.9. The Labute approximate surface area is 135 Å². The Balaban J connectivity index is 1.72. The van der Waals surface area contributed by atoms with Crippen LogP contribution in [-0.4, -0.2) is 43.9 Å². The van der Waals surface area contributed by atoms with Crippen LogP contribution in [0.1, 0.15) is 12.8 Å². The molecule has 120 valence electrons. The number of carbonyl (C=O) groups is 2. The summed E-state index contributed by atoms with van der Waals surface area (Å²) in [6.07, 6.45) is 1.10. The molecule has 3 rings (SSSR count). The summed E-state index contributed by atoms with van der Waals surface area (Å²) in [6.45, 7) is 0.452. The van der Waals surface area contributed by atoms with Crippen molar-refractivity contribution >= 4 is 23.6 Å². The van der Waals surface area contributed by atoms with E-state index >= 15 is 0 Å². The Morgan fingerprint density at radius 2 is 2.13 bits per heavy atom. The molecular weight excluding hydrogens is 321 g/mol. The van der Waals surface area contributed by atoms with E-state index in [1.54, 1.807) is 18.2 Å². The highest BCUT2D eigenvalue weighted by Gasteiger charge is 2.26. The molecule has 23 heavy (non-hydrogen) atoms. The number of likely N-dealkylation sites (tertiary alicyclic amines) is 1. The van der Waals surface area contributed by atoms with Crippen LogP contribution in [0.15, 0.2) is 29.4 Å². The minimum atomic E-state index is -0.457. The molecule has 1 saturated heterocycles. The minimum absolute atomic E-state index is 0.0261. The lowest BCUT2D eigenvalue weighted by Crippen LogP contribution is -2.33. The molecule has 1 aliphatic rings. The van der Waals surface area contributed by atoms with E-state index in [9.17, 15) is 14.0 Å². The number of carbonyl (C=O) groups excluding carboxylic acids is 2. The first-order chi connectivity index (χ1) is 11.1. The van der Waals surface area contributed by atoms with Gasteiger partial charge in [-0.3, -0.25) is 14.5 Å². The second-order valence-electron chi connectivity index (χ2n) is 4.99. The summed E-state index contributed by atoms with van der Waals surface area (Å²) >= 11 is 1.06. The van der Waals surface area contributed by atoms with Crippen LogP contribution in [0.5, 0.6) is 0 Å². The number of halogens is 1. The molecule has 1 aromatic heterocycles. The summed E-state index contributed by atoms with van der Waals surface area (Å²) in [6, 6.07) is 6.09. The third-order valence-corrected chi connectivity index (χ3v) is 4.41. The SMILES string of the molecule is Nn1c(SCC(=O)N2CCCC2=O)nnc1-c1ccccc1F. The average molecular weight is 335 g/mol. The van der Waals surface area contributed by atoms with Crippen molar-refractivity contribution in [3.63, 3.8) is 0 Å². The average Bonchev–Trinajstić information content (AvgIpc) is 3.12. The Hall–Kier alpha value is -2.42. The van der Waals surface area contributed by atoms with E-state index in [4.69, 9.17) is 5.84 Å². The third kappa shape index (κ3) is 3.04. The van der Waals surface area contributed by atoms with Crippen LogP contribution in [0, 0.1) is 5.82 Å². The monoisotopic (exact) mass is 335 g/mol. The van der Waals surface area contributed by atoms with E-state index < -0.39 is 5.82 Å². The highest BCUT2D eigenvalue weighted by atomic mass is 32.2. The first-order valence-corrected chi connectivity index (χ1v) is 7.98. The summed E-state index contributed by atoms with van der Waals surface area (Å²) in [5.41, 5.74) is 0.232. The van der Waals surface area contributed by atoms with Crippen LogP contribution >= 0.6 is 11.8 Å². The van der Waals surface area contributed by atoms with Crippen LogP contribution in [0.4, 0.5) is 4.39 Å². The summed E-state index contributed by atoms with van der Waals surface area (Å²) in [7, 11) is 0. The summed E-state index contributed by atoms with van der Waals surface area (Å²) < 4.78 is 14.9. The number of rotatable bonds is 4. The normalized spacial score (nSPS) is 14.5. The van der Waals surface area contributed by atoms with E-state index in [1.165, 1.54) is 11.0 Å². The van der Waals surface area contributed by atoms with Crippen molar-refractivity contribution in [2.75, 3.05) is 18.1 Å². The van der Waals surface area contributed by atoms with Gasteiger partial charge in [0, 0.05) is 13.0 Å². The molecular formula is C14H14FN5O2S. The second-order valence-corrected chi connectivity index (χ2v) is 5.93. The van der Waals surface area contributed by atoms with Crippen molar-refractivity contribution < 1.29 is 14.0 Å². The van der Waals surface area contributed by atoms with Gasteiger partial charge in [-0.25, -0.2) is 9.07 Å². The van der Waals surface area contributed by atoms with E-state index in [0.717, 1.165) is 16.4 Å². The summed E-state index contributed by atoms with van der Waals surface area (Å²) in [4.78, 5) is 24.8. The van der Waals surface area contributed by atoms with Gasteiger partial charge in [-0.05, 0) is 18.6 Å². The first kappa shape index (κ1) is 15.5. The maximum Gasteiger partial charge on any atom is 0.239 e. The number of imide groups is 1. The van der Waals surface area contributed by atoms with Gasteiger partial charge in [-0.2, -0.15) is 0 Å². The molecule has 0 spiro atoms. The van der Waals surface area contributed by atoms with Crippen molar-refractivity contribution in [2.24, 2.45) is 0 Å². The maximum absolute atomic E-state index is 13.8. The number of nitrogens with two attached hydrogens (primary N) is 1. The molecule has 0 atom stereocenters. The number of hydrogen-bond acceptors (Lipinski definition) is 6. The van der Waals surface area contributed by atoms with Crippen LogP contribution in [0.25, 0.3) is 11.4 Å². The van der Waals surface area contributed by atoms with E-state index in [1.807, 2.05) is 0 Å². The Morgan fingerprint density at radius 3 is 2.83 bits per heavy atom. The van der Waals surface area contributed by atoms with Crippen LogP contribution in [-0.2, 0) is 9.59 Å². The first-order valence-electron chi connectivity index (χ1n) is 6.99. The Morgan fingerprint density at radius 1 is 1.35 bits per heavy atom. The van der Waals surface area contributed by atoms with Gasteiger partial charge in [-0.1, -0.05) is 23.9 Å². The summed E-state index contributed by atoms with van der Waals surface area (Å²) in [5, 5.41) is 8.03. The molecule has 0 radical (unpaired) electrons. The van der Waals surface area contributed by atoms with Crippen molar-refractivity contribution in [3.8, 4) is 11.4 Å². The fraction of sp³-hybridized carbons (Fsp3) is 0.286. The van der Waals surface area contributed by atoms with Gasteiger partial charge in [0.05, 0.1) is 11.3 Å². The molecule has 0 aliphatic carbocycles.